The van der Waals surface area contributed by atoms with Crippen molar-refractivity contribution in [3.63, 3.8) is 0 Å². The van der Waals surface area contributed by atoms with Crippen molar-refractivity contribution < 1.29 is 9.90 Å². The number of aromatic nitrogens is 2. The molecular formula is C10H12N2O2S. The average Bonchev–Trinajstić information content (AvgIpc) is 2.67. The first-order valence-corrected chi connectivity index (χ1v) is 5.55. The van der Waals surface area contributed by atoms with Crippen LogP contribution in [0.25, 0.3) is 4.96 Å². The number of carboxylic acid groups (broad SMARTS) is 1. The van der Waals surface area contributed by atoms with Crippen LogP contribution in [0.1, 0.15) is 29.8 Å². The molecule has 2 rings (SSSR count). The minimum atomic E-state index is -0.757. The summed E-state index contributed by atoms with van der Waals surface area (Å²) in [6, 6.07) is 0. The van der Waals surface area contributed by atoms with E-state index in [1.165, 1.54) is 0 Å². The van der Waals surface area contributed by atoms with Crippen molar-refractivity contribution in [2.75, 3.05) is 0 Å². The summed E-state index contributed by atoms with van der Waals surface area (Å²) < 4.78 is 2.00. The largest absolute Gasteiger partial charge is 0.481 e. The number of hydrogen-bond donors (Lipinski definition) is 1. The Bertz CT molecular complexity index is 500. The molecule has 0 amide bonds. The number of aliphatic carboxylic acids is 1. The summed E-state index contributed by atoms with van der Waals surface area (Å²) >= 11 is 1.57. The molecule has 0 aromatic carbocycles. The lowest BCUT2D eigenvalue weighted by Crippen LogP contribution is -2.02. The highest BCUT2D eigenvalue weighted by molar-refractivity contribution is 7.17. The molecule has 0 saturated carbocycles. The maximum absolute atomic E-state index is 10.6. The monoisotopic (exact) mass is 224 g/mol. The molecule has 2 heterocycles. The van der Waals surface area contributed by atoms with Gasteiger partial charge >= 0.3 is 5.97 Å². The smallest absolute Gasteiger partial charge is 0.303 e. The van der Waals surface area contributed by atoms with Gasteiger partial charge in [-0.3, -0.25) is 9.20 Å². The van der Waals surface area contributed by atoms with Crippen molar-refractivity contribution in [3.8, 4) is 0 Å². The fraction of sp³-hybridized carbons (Fsp3) is 0.400. The summed E-state index contributed by atoms with van der Waals surface area (Å²) in [6.07, 6.45) is 3.83. The standard InChI is InChI=1S/C10H12N2O2S/c1-6(5-8(13)14)9-7(2)12-4-3-11-10(12)15-9/h3-4,6H,5H2,1-2H3,(H,13,14). The third kappa shape index (κ3) is 1.74. The summed E-state index contributed by atoms with van der Waals surface area (Å²) in [7, 11) is 0. The highest BCUT2D eigenvalue weighted by atomic mass is 32.1. The molecule has 0 radical (unpaired) electrons. The zero-order valence-electron chi connectivity index (χ0n) is 8.60. The second-order valence-electron chi connectivity index (χ2n) is 3.63. The minimum absolute atomic E-state index is 0.0502. The number of hydrogen-bond acceptors (Lipinski definition) is 3. The number of aryl methyl sites for hydroxylation is 1. The molecule has 2 aromatic heterocycles. The summed E-state index contributed by atoms with van der Waals surface area (Å²) in [5.41, 5.74) is 1.10. The molecule has 0 bridgehead atoms. The highest BCUT2D eigenvalue weighted by Crippen LogP contribution is 2.30. The molecule has 0 spiro atoms. The van der Waals surface area contributed by atoms with Crippen LogP contribution in [0.4, 0.5) is 0 Å². The Labute approximate surface area is 91.2 Å². The zero-order valence-corrected chi connectivity index (χ0v) is 9.41. The van der Waals surface area contributed by atoms with Crippen molar-refractivity contribution in [2.45, 2.75) is 26.2 Å². The molecule has 2 aromatic rings. The van der Waals surface area contributed by atoms with Gasteiger partial charge in [-0.2, -0.15) is 0 Å². The van der Waals surface area contributed by atoms with E-state index in [1.807, 2.05) is 24.4 Å². The van der Waals surface area contributed by atoms with Crippen LogP contribution in [0.5, 0.6) is 0 Å². The van der Waals surface area contributed by atoms with E-state index in [4.69, 9.17) is 5.11 Å². The molecule has 1 unspecified atom stereocenters. The summed E-state index contributed by atoms with van der Waals surface area (Å²) in [6.45, 7) is 3.94. The summed E-state index contributed by atoms with van der Waals surface area (Å²) in [5.74, 6) is -0.706. The van der Waals surface area contributed by atoms with Gasteiger partial charge in [0.15, 0.2) is 4.96 Å². The number of nitrogens with zero attached hydrogens (tertiary/aromatic N) is 2. The first kappa shape index (κ1) is 10.2. The van der Waals surface area contributed by atoms with Crippen LogP contribution >= 0.6 is 11.3 Å². The quantitative estimate of drug-likeness (QED) is 0.870. The molecule has 1 atom stereocenters. The van der Waals surface area contributed by atoms with E-state index in [1.54, 1.807) is 17.5 Å². The van der Waals surface area contributed by atoms with Crippen molar-refractivity contribution in [2.24, 2.45) is 0 Å². The minimum Gasteiger partial charge on any atom is -0.481 e. The summed E-state index contributed by atoms with van der Waals surface area (Å²) in [5, 5.41) is 8.74. The Kier molecular flexibility index (Phi) is 2.48. The second-order valence-corrected chi connectivity index (χ2v) is 4.64. The fourth-order valence-corrected chi connectivity index (χ4v) is 2.86. The second kappa shape index (κ2) is 3.66. The number of thiazole rings is 1. The predicted molar refractivity (Wildman–Crippen MR) is 58.5 cm³/mol. The van der Waals surface area contributed by atoms with Crippen molar-refractivity contribution in [1.82, 2.24) is 9.38 Å². The number of carbonyl (C=O) groups is 1. The van der Waals surface area contributed by atoms with Crippen LogP contribution in [0.2, 0.25) is 0 Å². The van der Waals surface area contributed by atoms with Crippen LogP contribution in [0.15, 0.2) is 12.4 Å². The molecule has 4 nitrogen and oxygen atoms in total. The Balaban J connectivity index is 2.38. The molecule has 1 N–H and O–H groups in total. The Morgan fingerprint density at radius 1 is 1.73 bits per heavy atom. The third-order valence-corrected chi connectivity index (χ3v) is 3.86. The highest BCUT2D eigenvalue weighted by Gasteiger charge is 2.17. The van der Waals surface area contributed by atoms with Gasteiger partial charge in [-0.1, -0.05) is 6.92 Å². The van der Waals surface area contributed by atoms with Gasteiger partial charge < -0.3 is 5.11 Å². The van der Waals surface area contributed by atoms with E-state index in [-0.39, 0.29) is 12.3 Å². The lowest BCUT2D eigenvalue weighted by Gasteiger charge is -2.06. The third-order valence-electron chi connectivity index (χ3n) is 2.45. The number of fused-ring (bicyclic) bond motifs is 1. The molecule has 0 saturated heterocycles. The Morgan fingerprint density at radius 2 is 2.47 bits per heavy atom. The van der Waals surface area contributed by atoms with Crippen molar-refractivity contribution >= 4 is 22.3 Å². The lowest BCUT2D eigenvalue weighted by atomic mass is 10.1. The maximum Gasteiger partial charge on any atom is 0.303 e. The molecule has 15 heavy (non-hydrogen) atoms. The molecule has 0 fully saturated rings. The van der Waals surface area contributed by atoms with Crippen molar-refractivity contribution in [1.29, 1.82) is 0 Å². The molecule has 0 aliphatic heterocycles. The van der Waals surface area contributed by atoms with Gasteiger partial charge in [0.1, 0.15) is 0 Å². The zero-order chi connectivity index (χ0) is 11.0. The van der Waals surface area contributed by atoms with Gasteiger partial charge in [0.25, 0.3) is 0 Å². The van der Waals surface area contributed by atoms with Gasteiger partial charge in [0, 0.05) is 28.9 Å². The van der Waals surface area contributed by atoms with Crippen LogP contribution in [0, 0.1) is 6.92 Å². The van der Waals surface area contributed by atoms with Gasteiger partial charge in [0.05, 0.1) is 6.42 Å². The van der Waals surface area contributed by atoms with Gasteiger partial charge in [-0.15, -0.1) is 11.3 Å². The van der Waals surface area contributed by atoms with Crippen LogP contribution in [-0.4, -0.2) is 20.5 Å². The maximum atomic E-state index is 10.6. The SMILES string of the molecule is Cc1c(C(C)CC(=O)O)sc2nccn12. The van der Waals surface area contributed by atoms with Crippen LogP contribution in [0.3, 0.4) is 0 Å². The number of rotatable bonds is 3. The van der Waals surface area contributed by atoms with E-state index in [9.17, 15) is 4.79 Å². The van der Waals surface area contributed by atoms with Crippen molar-refractivity contribution in [3.05, 3.63) is 23.0 Å². The van der Waals surface area contributed by atoms with Crippen LogP contribution in [-0.2, 0) is 4.79 Å². The Morgan fingerprint density at radius 3 is 3.07 bits per heavy atom. The lowest BCUT2D eigenvalue weighted by molar-refractivity contribution is -0.137. The van der Waals surface area contributed by atoms with E-state index < -0.39 is 5.97 Å². The van der Waals surface area contributed by atoms with Gasteiger partial charge in [-0.25, -0.2) is 4.98 Å². The fourth-order valence-electron chi connectivity index (χ4n) is 1.72. The number of imidazole rings is 1. The normalized spacial score (nSPS) is 13.2. The predicted octanol–water partition coefficient (Wildman–Crippen LogP) is 2.28. The molecular weight excluding hydrogens is 212 g/mol. The van der Waals surface area contributed by atoms with E-state index >= 15 is 0 Å². The van der Waals surface area contributed by atoms with Gasteiger partial charge in [-0.05, 0) is 6.92 Å². The first-order valence-electron chi connectivity index (χ1n) is 4.73. The molecule has 80 valence electrons. The van der Waals surface area contributed by atoms with E-state index in [0.717, 1.165) is 15.5 Å². The molecule has 0 aliphatic rings. The Hall–Kier alpha value is -1.36. The molecule has 5 heteroatoms. The number of carboxylic acids is 1. The van der Waals surface area contributed by atoms with E-state index in [0.29, 0.717) is 0 Å². The van der Waals surface area contributed by atoms with Crippen LogP contribution < -0.4 is 0 Å². The topological polar surface area (TPSA) is 54.6 Å². The molecule has 0 aliphatic carbocycles. The van der Waals surface area contributed by atoms with E-state index in [2.05, 4.69) is 4.98 Å². The van der Waals surface area contributed by atoms with Gasteiger partial charge in [0.2, 0.25) is 0 Å². The summed E-state index contributed by atoms with van der Waals surface area (Å²) in [4.78, 5) is 16.9. The average molecular weight is 224 g/mol. The first-order chi connectivity index (χ1) is 7.09.